The number of anilines is 1. The van der Waals surface area contributed by atoms with Gasteiger partial charge in [0.1, 0.15) is 11.3 Å². The fraction of sp³-hybridized carbons (Fsp3) is 0.125. The minimum Gasteiger partial charge on any atom is -0.481 e. The van der Waals surface area contributed by atoms with Crippen LogP contribution in [0, 0.1) is 6.92 Å². The Bertz CT molecular complexity index is 1380. The Morgan fingerprint density at radius 2 is 1.78 bits per heavy atom. The number of carbonyl (C=O) groups is 1. The van der Waals surface area contributed by atoms with Gasteiger partial charge in [-0.05, 0) is 66.7 Å². The van der Waals surface area contributed by atoms with Crippen LogP contribution in [0.3, 0.4) is 0 Å². The van der Waals surface area contributed by atoms with E-state index < -0.39 is 11.7 Å². The number of benzene rings is 3. The predicted octanol–water partition coefficient (Wildman–Crippen LogP) is 4.04. The van der Waals surface area contributed by atoms with E-state index in [4.69, 9.17) is 21.4 Å². The van der Waals surface area contributed by atoms with E-state index in [1.54, 1.807) is 19.1 Å². The minimum atomic E-state index is -0.746. The second kappa shape index (κ2) is 9.07. The summed E-state index contributed by atoms with van der Waals surface area (Å²) >= 11 is 5.23. The lowest BCUT2D eigenvalue weighted by Crippen LogP contribution is -2.48. The summed E-state index contributed by atoms with van der Waals surface area (Å²) in [7, 11) is 0. The number of nitrogens with one attached hydrogen (secondary N) is 3. The second-order valence-corrected chi connectivity index (χ2v) is 7.71. The van der Waals surface area contributed by atoms with Gasteiger partial charge in [-0.15, -0.1) is 0 Å². The molecule has 7 nitrogen and oxygen atoms in total. The minimum absolute atomic E-state index is 0.172. The first-order chi connectivity index (χ1) is 15.4. The first kappa shape index (κ1) is 21.3. The summed E-state index contributed by atoms with van der Waals surface area (Å²) in [5.74, 6) is 0.211. The van der Waals surface area contributed by atoms with E-state index in [9.17, 15) is 9.59 Å². The zero-order valence-electron chi connectivity index (χ0n) is 17.5. The fourth-order valence-electron chi connectivity index (χ4n) is 3.28. The molecular weight excluding hydrogens is 426 g/mol. The number of thiocarbonyl (C=S) groups is 1. The highest BCUT2D eigenvalue weighted by Crippen LogP contribution is 2.22. The maximum absolute atomic E-state index is 12.4. The van der Waals surface area contributed by atoms with Crippen LogP contribution >= 0.6 is 12.2 Å². The van der Waals surface area contributed by atoms with Crippen molar-refractivity contribution in [2.24, 2.45) is 0 Å². The van der Waals surface area contributed by atoms with Gasteiger partial charge in [0.15, 0.2) is 11.2 Å². The van der Waals surface area contributed by atoms with Crippen LogP contribution in [0.1, 0.15) is 12.5 Å². The van der Waals surface area contributed by atoms with E-state index in [0.29, 0.717) is 17.0 Å². The lowest BCUT2D eigenvalue weighted by Gasteiger charge is -2.17. The number of hydrogen-bond donors (Lipinski definition) is 3. The van der Waals surface area contributed by atoms with E-state index in [1.165, 1.54) is 6.07 Å². The Balaban J connectivity index is 1.33. The van der Waals surface area contributed by atoms with E-state index in [-0.39, 0.29) is 11.0 Å². The standard InChI is InChI=1S/C24H21N3O4S/c1-14-11-22(28)31-21-13-18(8-10-20(14)21)25-24(32)27-26-23(29)15(2)30-19-9-7-16-5-3-4-6-17(16)12-19/h3-13,15H,1-2H3,(H,26,29)(H2,25,27,32)/t15-/m1/s1. The number of hydrazine groups is 1. The highest BCUT2D eigenvalue weighted by atomic mass is 32.1. The molecule has 0 saturated heterocycles. The fourth-order valence-corrected chi connectivity index (χ4v) is 3.45. The van der Waals surface area contributed by atoms with Crippen molar-refractivity contribution in [3.8, 4) is 5.75 Å². The summed E-state index contributed by atoms with van der Waals surface area (Å²) in [5, 5.41) is 6.07. The molecule has 4 aromatic rings. The van der Waals surface area contributed by atoms with Gasteiger partial charge in [-0.25, -0.2) is 4.79 Å². The number of hydrogen-bond acceptors (Lipinski definition) is 5. The lowest BCUT2D eigenvalue weighted by atomic mass is 10.1. The van der Waals surface area contributed by atoms with Gasteiger partial charge in [-0.3, -0.25) is 15.6 Å². The average molecular weight is 448 g/mol. The van der Waals surface area contributed by atoms with Crippen molar-refractivity contribution < 1.29 is 13.9 Å². The normalized spacial score (nSPS) is 11.7. The molecule has 0 aliphatic rings. The van der Waals surface area contributed by atoms with Crippen LogP contribution in [0.2, 0.25) is 0 Å². The Hall–Kier alpha value is -3.91. The van der Waals surface area contributed by atoms with Gasteiger partial charge < -0.3 is 14.5 Å². The molecule has 8 heteroatoms. The van der Waals surface area contributed by atoms with Crippen molar-refractivity contribution in [2.75, 3.05) is 5.32 Å². The smallest absolute Gasteiger partial charge is 0.336 e. The maximum atomic E-state index is 12.4. The zero-order chi connectivity index (χ0) is 22.7. The molecule has 1 amide bonds. The Kier molecular flexibility index (Phi) is 6.04. The molecule has 1 heterocycles. The van der Waals surface area contributed by atoms with Crippen LogP contribution in [0.4, 0.5) is 5.69 Å². The lowest BCUT2D eigenvalue weighted by molar-refractivity contribution is -0.127. The van der Waals surface area contributed by atoms with Crippen molar-refractivity contribution in [3.63, 3.8) is 0 Å². The molecule has 4 rings (SSSR count). The maximum Gasteiger partial charge on any atom is 0.336 e. The molecule has 0 aliphatic heterocycles. The number of fused-ring (bicyclic) bond motifs is 2. The van der Waals surface area contributed by atoms with E-state index in [0.717, 1.165) is 21.7 Å². The molecule has 1 aromatic heterocycles. The van der Waals surface area contributed by atoms with Crippen LogP contribution in [-0.2, 0) is 4.79 Å². The molecule has 1 atom stereocenters. The number of amides is 1. The summed E-state index contributed by atoms with van der Waals surface area (Å²) in [6, 6.07) is 20.3. The van der Waals surface area contributed by atoms with E-state index in [1.807, 2.05) is 55.5 Å². The van der Waals surface area contributed by atoms with Crippen LogP contribution in [0.15, 0.2) is 75.9 Å². The third-order valence-electron chi connectivity index (χ3n) is 4.91. The molecular formula is C24H21N3O4S. The summed E-state index contributed by atoms with van der Waals surface area (Å²) in [5.41, 5.74) is 6.64. The first-order valence-electron chi connectivity index (χ1n) is 9.96. The van der Waals surface area contributed by atoms with Gasteiger partial charge in [-0.1, -0.05) is 30.3 Å². The highest BCUT2D eigenvalue weighted by molar-refractivity contribution is 7.80. The number of aryl methyl sites for hydroxylation is 1. The van der Waals surface area contributed by atoms with Crippen molar-refractivity contribution >= 4 is 50.7 Å². The SMILES string of the molecule is Cc1cc(=O)oc2cc(NC(=S)NNC(=O)[C@@H](C)Oc3ccc4ccccc4c3)ccc12. The topological polar surface area (TPSA) is 92.6 Å². The number of ether oxygens (including phenoxy) is 1. The predicted molar refractivity (Wildman–Crippen MR) is 129 cm³/mol. The van der Waals surface area contributed by atoms with Gasteiger partial charge in [-0.2, -0.15) is 0 Å². The largest absolute Gasteiger partial charge is 0.481 e. The average Bonchev–Trinajstić information content (AvgIpc) is 2.77. The molecule has 3 N–H and O–H groups in total. The second-order valence-electron chi connectivity index (χ2n) is 7.30. The van der Waals surface area contributed by atoms with Gasteiger partial charge in [0.05, 0.1) is 0 Å². The van der Waals surface area contributed by atoms with Crippen LogP contribution in [0.5, 0.6) is 5.75 Å². The first-order valence-corrected chi connectivity index (χ1v) is 10.4. The molecule has 162 valence electrons. The van der Waals surface area contributed by atoms with E-state index >= 15 is 0 Å². The molecule has 0 spiro atoms. The van der Waals surface area contributed by atoms with Gasteiger partial charge in [0.25, 0.3) is 5.91 Å². The van der Waals surface area contributed by atoms with Gasteiger partial charge >= 0.3 is 5.63 Å². The van der Waals surface area contributed by atoms with Crippen molar-refractivity contribution in [3.05, 3.63) is 82.7 Å². The highest BCUT2D eigenvalue weighted by Gasteiger charge is 2.15. The summed E-state index contributed by atoms with van der Waals surface area (Å²) in [4.78, 5) is 24.0. The third-order valence-corrected chi connectivity index (χ3v) is 5.12. The van der Waals surface area contributed by atoms with Crippen LogP contribution in [-0.4, -0.2) is 17.1 Å². The summed E-state index contributed by atoms with van der Waals surface area (Å²) in [6.07, 6.45) is -0.746. The molecule has 0 saturated carbocycles. The van der Waals surface area contributed by atoms with Gasteiger partial charge in [0, 0.05) is 23.2 Å². The van der Waals surface area contributed by atoms with Gasteiger partial charge in [0.2, 0.25) is 0 Å². The van der Waals surface area contributed by atoms with Crippen LogP contribution < -0.4 is 26.5 Å². The number of rotatable bonds is 4. The van der Waals surface area contributed by atoms with Crippen LogP contribution in [0.25, 0.3) is 21.7 Å². The van der Waals surface area contributed by atoms with Crippen molar-refractivity contribution in [2.45, 2.75) is 20.0 Å². The molecule has 0 bridgehead atoms. The summed E-state index contributed by atoms with van der Waals surface area (Å²) in [6.45, 7) is 3.49. The molecule has 0 aliphatic carbocycles. The Morgan fingerprint density at radius 1 is 1.00 bits per heavy atom. The molecule has 32 heavy (non-hydrogen) atoms. The molecule has 0 unspecified atom stereocenters. The molecule has 0 radical (unpaired) electrons. The van der Waals surface area contributed by atoms with Crippen molar-refractivity contribution in [1.29, 1.82) is 0 Å². The van der Waals surface area contributed by atoms with Crippen molar-refractivity contribution in [1.82, 2.24) is 10.9 Å². The van der Waals surface area contributed by atoms with E-state index in [2.05, 4.69) is 16.2 Å². The summed E-state index contributed by atoms with van der Waals surface area (Å²) < 4.78 is 11.0. The molecule has 3 aromatic carbocycles. The Labute approximate surface area is 189 Å². The Morgan fingerprint density at radius 3 is 2.59 bits per heavy atom. The quantitative estimate of drug-likeness (QED) is 0.247. The zero-order valence-corrected chi connectivity index (χ0v) is 18.3. The monoisotopic (exact) mass is 447 g/mol. The number of carbonyl (C=O) groups excluding carboxylic acids is 1. The third kappa shape index (κ3) is 4.87. The molecule has 0 fully saturated rings.